The van der Waals surface area contributed by atoms with Crippen molar-refractivity contribution in [2.45, 2.75) is 63.1 Å². The monoisotopic (exact) mass is 688 g/mol. The fourth-order valence-electron chi connectivity index (χ4n) is 6.88. The highest BCUT2D eigenvalue weighted by atomic mass is 35.5. The topological polar surface area (TPSA) is 123 Å². The van der Waals surface area contributed by atoms with Gasteiger partial charge in [-0.1, -0.05) is 59.6 Å². The predicted octanol–water partition coefficient (Wildman–Crippen LogP) is 6.15. The normalized spacial score (nSPS) is 18.8. The van der Waals surface area contributed by atoms with Crippen molar-refractivity contribution >= 4 is 29.1 Å². The van der Waals surface area contributed by atoms with E-state index in [0.717, 1.165) is 48.9 Å². The lowest BCUT2D eigenvalue weighted by Crippen LogP contribution is -2.62. The fourth-order valence-corrected chi connectivity index (χ4v) is 7.53. The highest BCUT2D eigenvalue weighted by molar-refractivity contribution is 6.39. The fraction of sp³-hybridized carbons (Fsp3) is 0.417. The molecule has 48 heavy (non-hydrogen) atoms. The lowest BCUT2D eigenvalue weighted by Gasteiger charge is -2.47. The first-order chi connectivity index (χ1) is 23.3. The second-order valence-corrected chi connectivity index (χ2v) is 13.7. The average Bonchev–Trinajstić information content (AvgIpc) is 3.86. The molecule has 10 nitrogen and oxygen atoms in total. The van der Waals surface area contributed by atoms with E-state index in [-0.39, 0.29) is 11.9 Å². The van der Waals surface area contributed by atoms with Crippen molar-refractivity contribution in [3.63, 3.8) is 0 Å². The summed E-state index contributed by atoms with van der Waals surface area (Å²) in [5.74, 6) is 1.43. The van der Waals surface area contributed by atoms with Crippen LogP contribution in [0.2, 0.25) is 10.0 Å². The van der Waals surface area contributed by atoms with Crippen LogP contribution in [0.5, 0.6) is 11.8 Å². The number of halogens is 2. The molecule has 1 aliphatic carbocycles. The molecule has 3 aliphatic rings. The van der Waals surface area contributed by atoms with E-state index in [1.807, 2.05) is 36.4 Å². The number of benzene rings is 2. The zero-order valence-corrected chi connectivity index (χ0v) is 28.5. The first kappa shape index (κ1) is 32.7. The van der Waals surface area contributed by atoms with Crippen molar-refractivity contribution < 1.29 is 19.4 Å². The Balaban J connectivity index is 1.10. The molecule has 1 saturated carbocycles. The molecule has 1 amide bonds. The van der Waals surface area contributed by atoms with Gasteiger partial charge in [-0.15, -0.1) is 0 Å². The molecule has 12 heteroatoms. The van der Waals surface area contributed by atoms with E-state index in [9.17, 15) is 9.90 Å². The van der Waals surface area contributed by atoms with Gasteiger partial charge in [0.05, 0.1) is 53.6 Å². The predicted molar refractivity (Wildman–Crippen MR) is 184 cm³/mol. The third-order valence-electron chi connectivity index (χ3n) is 9.61. The summed E-state index contributed by atoms with van der Waals surface area (Å²) in [5, 5.41) is 14.7. The summed E-state index contributed by atoms with van der Waals surface area (Å²) in [5.41, 5.74) is 4.95. The van der Waals surface area contributed by atoms with E-state index in [4.69, 9.17) is 47.6 Å². The molecule has 0 radical (unpaired) electrons. The maximum Gasteiger partial charge on any atom is 0.237 e. The molecule has 2 aromatic heterocycles. The molecule has 0 bridgehead atoms. The summed E-state index contributed by atoms with van der Waals surface area (Å²) in [7, 11) is 3.17. The zero-order valence-electron chi connectivity index (χ0n) is 27.0. The van der Waals surface area contributed by atoms with Crippen LogP contribution in [0, 0.1) is 5.92 Å². The number of β-amino-alcohol motifs (C(OH)–C–C–N with tert-alkyl or cyclic N) is 1. The highest BCUT2D eigenvalue weighted by Crippen LogP contribution is 2.45. The summed E-state index contributed by atoms with van der Waals surface area (Å²) < 4.78 is 11.3. The summed E-state index contributed by atoms with van der Waals surface area (Å²) in [4.78, 5) is 32.6. The van der Waals surface area contributed by atoms with Crippen molar-refractivity contribution in [3.05, 3.63) is 70.2 Å². The molecule has 0 spiro atoms. The van der Waals surface area contributed by atoms with Gasteiger partial charge in [-0.3, -0.25) is 19.7 Å². The average molecular weight is 690 g/mol. The van der Waals surface area contributed by atoms with Crippen LogP contribution in [0.1, 0.15) is 49.9 Å². The van der Waals surface area contributed by atoms with Gasteiger partial charge in [-0.05, 0) is 44.4 Å². The van der Waals surface area contributed by atoms with E-state index < -0.39 is 5.60 Å². The number of nitrogens with zero attached hydrogens (tertiary/aromatic N) is 5. The Morgan fingerprint density at radius 2 is 1.44 bits per heavy atom. The Kier molecular flexibility index (Phi) is 9.26. The number of likely N-dealkylation sites (tertiary alicyclic amines) is 1. The number of hydrogen-bond acceptors (Lipinski definition) is 9. The Morgan fingerprint density at radius 3 is 1.98 bits per heavy atom. The van der Waals surface area contributed by atoms with Crippen LogP contribution < -0.4 is 14.8 Å². The van der Waals surface area contributed by atoms with Gasteiger partial charge in [0.1, 0.15) is 11.4 Å². The minimum absolute atomic E-state index is 0.124. The smallest absolute Gasteiger partial charge is 0.237 e. The number of hydrogen-bond donors (Lipinski definition) is 2. The van der Waals surface area contributed by atoms with Gasteiger partial charge in [-0.2, -0.15) is 0 Å². The SMILES string of the molecule is COc1nc(-c2cccc(-c3cccc(-c4cnc(CN5CC(O)(C6CC6)C5)c(OC)n4)c3Cl)c2Cl)cnc1CCC[C@@H]1CCC(=O)N1. The largest absolute Gasteiger partial charge is 0.480 e. The lowest BCUT2D eigenvalue weighted by atomic mass is 9.88. The molecular formula is C36H38Cl2N6O4. The maximum absolute atomic E-state index is 11.5. The Morgan fingerprint density at radius 1 is 0.875 bits per heavy atom. The second kappa shape index (κ2) is 13.6. The number of ether oxygens (including phenoxy) is 2. The molecule has 1 atom stereocenters. The van der Waals surface area contributed by atoms with Gasteiger partial charge < -0.3 is 19.9 Å². The quantitative estimate of drug-likeness (QED) is 0.180. The van der Waals surface area contributed by atoms with Crippen molar-refractivity contribution in [2.75, 3.05) is 27.3 Å². The van der Waals surface area contributed by atoms with E-state index in [2.05, 4.69) is 15.2 Å². The molecule has 3 fully saturated rings. The molecule has 2 saturated heterocycles. The number of aliphatic hydroxyl groups is 1. The van der Waals surface area contributed by atoms with Crippen LogP contribution in [0.3, 0.4) is 0 Å². The number of aromatic nitrogens is 4. The van der Waals surface area contributed by atoms with Crippen molar-refractivity contribution in [1.29, 1.82) is 0 Å². The van der Waals surface area contributed by atoms with Gasteiger partial charge in [0, 0.05) is 54.4 Å². The van der Waals surface area contributed by atoms with E-state index in [1.165, 1.54) is 0 Å². The van der Waals surface area contributed by atoms with Crippen molar-refractivity contribution in [3.8, 4) is 45.4 Å². The number of carbonyl (C=O) groups is 1. The first-order valence-corrected chi connectivity index (χ1v) is 17.1. The highest BCUT2D eigenvalue weighted by Gasteiger charge is 2.51. The Hall–Kier alpha value is -3.83. The van der Waals surface area contributed by atoms with E-state index in [0.29, 0.717) is 88.4 Å². The van der Waals surface area contributed by atoms with Crippen LogP contribution in [0.15, 0.2) is 48.8 Å². The Labute approximate surface area is 289 Å². The third kappa shape index (κ3) is 6.59. The molecule has 2 N–H and O–H groups in total. The van der Waals surface area contributed by atoms with Crippen molar-refractivity contribution in [1.82, 2.24) is 30.2 Å². The van der Waals surface area contributed by atoms with Crippen LogP contribution in [0.4, 0.5) is 0 Å². The number of carbonyl (C=O) groups excluding carboxylic acids is 1. The molecule has 7 rings (SSSR count). The summed E-state index contributed by atoms with van der Waals surface area (Å²) >= 11 is 14.1. The number of aryl methyl sites for hydroxylation is 1. The van der Waals surface area contributed by atoms with E-state index >= 15 is 0 Å². The van der Waals surface area contributed by atoms with Gasteiger partial charge in [0.2, 0.25) is 17.7 Å². The minimum atomic E-state index is -0.564. The maximum atomic E-state index is 11.5. The third-order valence-corrected chi connectivity index (χ3v) is 10.4. The Bertz CT molecular complexity index is 1850. The molecular weight excluding hydrogens is 651 g/mol. The first-order valence-electron chi connectivity index (χ1n) is 16.4. The molecule has 4 aromatic rings. The van der Waals surface area contributed by atoms with Crippen LogP contribution in [-0.4, -0.2) is 74.8 Å². The van der Waals surface area contributed by atoms with Gasteiger partial charge >= 0.3 is 0 Å². The number of nitrogens with one attached hydrogen (secondary N) is 1. The molecule has 250 valence electrons. The van der Waals surface area contributed by atoms with Gasteiger partial charge in [-0.25, -0.2) is 9.97 Å². The van der Waals surface area contributed by atoms with Gasteiger partial charge in [0.15, 0.2) is 0 Å². The molecule has 2 aromatic carbocycles. The molecule has 4 heterocycles. The van der Waals surface area contributed by atoms with Crippen LogP contribution >= 0.6 is 23.2 Å². The number of rotatable bonds is 12. The minimum Gasteiger partial charge on any atom is -0.480 e. The second-order valence-electron chi connectivity index (χ2n) is 13.0. The number of methoxy groups -OCH3 is 2. The summed E-state index contributed by atoms with van der Waals surface area (Å²) in [6.07, 6.45) is 9.56. The van der Waals surface area contributed by atoms with E-state index in [1.54, 1.807) is 26.6 Å². The molecule has 2 aliphatic heterocycles. The summed E-state index contributed by atoms with van der Waals surface area (Å²) in [6, 6.07) is 11.7. The number of amides is 1. The van der Waals surface area contributed by atoms with Gasteiger partial charge in [0.25, 0.3) is 0 Å². The standard InChI is InChI=1S/C36H38Cl2N6O4/c1-47-34-27(11-3-6-22-14-15-31(45)41-22)39-16-28(42-34)25-9-4-7-23(32(25)37)24-8-5-10-26(33(24)38)29-17-40-30(35(43-29)48-2)18-44-19-36(46,20-44)21-12-13-21/h4-5,7-10,16-17,21-22,46H,3,6,11-15,18-20H2,1-2H3,(H,41,45)/t22-/m1/s1. The van der Waals surface area contributed by atoms with Crippen LogP contribution in [-0.2, 0) is 17.8 Å². The van der Waals surface area contributed by atoms with Crippen molar-refractivity contribution in [2.24, 2.45) is 5.92 Å². The molecule has 0 unspecified atom stereocenters. The van der Waals surface area contributed by atoms with Crippen LogP contribution in [0.25, 0.3) is 33.6 Å². The zero-order chi connectivity index (χ0) is 33.4. The lowest BCUT2D eigenvalue weighted by molar-refractivity contribution is -0.119. The summed E-state index contributed by atoms with van der Waals surface area (Å²) in [6.45, 7) is 1.84.